The van der Waals surface area contributed by atoms with Crippen LogP contribution in [0.3, 0.4) is 0 Å². The fourth-order valence-corrected chi connectivity index (χ4v) is 3.36. The Bertz CT molecular complexity index is 348. The highest BCUT2D eigenvalue weighted by Crippen LogP contribution is 2.17. The maximum atomic E-state index is 11.9. The molecule has 0 radical (unpaired) electrons. The van der Waals surface area contributed by atoms with Gasteiger partial charge in [0.25, 0.3) is 0 Å². The van der Waals surface area contributed by atoms with Gasteiger partial charge in [0.15, 0.2) is 5.96 Å². The van der Waals surface area contributed by atoms with Gasteiger partial charge in [-0.2, -0.15) is 0 Å². The van der Waals surface area contributed by atoms with Crippen molar-refractivity contribution in [3.63, 3.8) is 0 Å². The molecule has 5 nitrogen and oxygen atoms in total. The van der Waals surface area contributed by atoms with Crippen LogP contribution >= 0.6 is 24.0 Å². The van der Waals surface area contributed by atoms with E-state index in [-0.39, 0.29) is 36.4 Å². The van der Waals surface area contributed by atoms with E-state index in [1.807, 2.05) is 0 Å². The summed E-state index contributed by atoms with van der Waals surface area (Å²) in [4.78, 5) is 16.0. The highest BCUT2D eigenvalue weighted by Gasteiger charge is 2.16. The van der Waals surface area contributed by atoms with E-state index < -0.39 is 0 Å². The number of carbonyl (C=O) groups is 1. The summed E-state index contributed by atoms with van der Waals surface area (Å²) in [6, 6.07) is 0.773. The van der Waals surface area contributed by atoms with Crippen LogP contribution in [0.4, 0.5) is 0 Å². The molecule has 0 aliphatic heterocycles. The summed E-state index contributed by atoms with van der Waals surface area (Å²) in [5, 5.41) is 6.32. The van der Waals surface area contributed by atoms with E-state index in [4.69, 9.17) is 5.73 Å². The molecule has 2 aliphatic rings. The molecule has 128 valence electrons. The number of carbonyl (C=O) groups excluding carboxylic acids is 1. The van der Waals surface area contributed by atoms with E-state index in [0.29, 0.717) is 18.0 Å². The van der Waals surface area contributed by atoms with Crippen molar-refractivity contribution < 1.29 is 4.79 Å². The van der Waals surface area contributed by atoms with E-state index in [0.717, 1.165) is 25.7 Å². The summed E-state index contributed by atoms with van der Waals surface area (Å²) >= 11 is 0. The molecule has 2 saturated carbocycles. The predicted octanol–water partition coefficient (Wildman–Crippen LogP) is 2.68. The molecular formula is C16H31IN4O. The Labute approximate surface area is 151 Å². The van der Waals surface area contributed by atoms with Crippen molar-refractivity contribution in [1.29, 1.82) is 0 Å². The minimum absolute atomic E-state index is 0. The van der Waals surface area contributed by atoms with Gasteiger partial charge in [-0.1, -0.05) is 44.9 Å². The van der Waals surface area contributed by atoms with E-state index in [2.05, 4.69) is 15.6 Å². The number of nitrogens with two attached hydrogens (primary N) is 1. The molecule has 4 N–H and O–H groups in total. The van der Waals surface area contributed by atoms with Crippen molar-refractivity contribution in [1.82, 2.24) is 10.6 Å². The van der Waals surface area contributed by atoms with Crippen molar-refractivity contribution >= 4 is 35.8 Å². The minimum atomic E-state index is -0.00693. The van der Waals surface area contributed by atoms with Crippen LogP contribution in [-0.2, 0) is 4.79 Å². The van der Waals surface area contributed by atoms with Gasteiger partial charge < -0.3 is 16.4 Å². The third kappa shape index (κ3) is 7.65. The molecular weight excluding hydrogens is 391 g/mol. The molecule has 1 amide bonds. The van der Waals surface area contributed by atoms with Crippen molar-refractivity contribution in [2.45, 2.75) is 82.7 Å². The zero-order chi connectivity index (χ0) is 14.9. The van der Waals surface area contributed by atoms with Gasteiger partial charge >= 0.3 is 0 Å². The summed E-state index contributed by atoms with van der Waals surface area (Å²) in [6.07, 6.45) is 13.4. The highest BCUT2D eigenvalue weighted by atomic mass is 127. The number of guanidine groups is 1. The molecule has 0 aromatic rings. The second-order valence-electron chi connectivity index (χ2n) is 6.44. The first-order valence-electron chi connectivity index (χ1n) is 8.60. The lowest BCUT2D eigenvalue weighted by atomic mass is 9.95. The molecule has 0 bridgehead atoms. The Morgan fingerprint density at radius 3 is 1.86 bits per heavy atom. The topological polar surface area (TPSA) is 79.5 Å². The van der Waals surface area contributed by atoms with Crippen LogP contribution in [0.15, 0.2) is 4.99 Å². The van der Waals surface area contributed by atoms with Crippen molar-refractivity contribution in [2.75, 3.05) is 6.54 Å². The second-order valence-corrected chi connectivity index (χ2v) is 6.44. The Hall–Kier alpha value is -0.530. The number of hydrogen-bond acceptors (Lipinski definition) is 2. The number of aliphatic imine (C=N–C) groups is 1. The molecule has 0 heterocycles. The van der Waals surface area contributed by atoms with Gasteiger partial charge in [0.2, 0.25) is 5.91 Å². The molecule has 0 saturated heterocycles. The first-order chi connectivity index (χ1) is 10.2. The lowest BCUT2D eigenvalue weighted by molar-refractivity contribution is -0.120. The van der Waals surface area contributed by atoms with Crippen LogP contribution < -0.4 is 16.4 Å². The molecule has 6 heteroatoms. The fraction of sp³-hybridized carbons (Fsp3) is 0.875. The van der Waals surface area contributed by atoms with Gasteiger partial charge in [-0.05, 0) is 25.7 Å². The van der Waals surface area contributed by atoms with E-state index in [9.17, 15) is 4.79 Å². The lowest BCUT2D eigenvalue weighted by Crippen LogP contribution is -2.41. The van der Waals surface area contributed by atoms with Crippen LogP contribution in [-0.4, -0.2) is 30.5 Å². The standard InChI is InChI=1S/C16H30N4O.HI/c17-16(20-14-10-4-1-2-5-11-14)18-12-15(21)19-13-8-6-3-7-9-13;/h13-14H,1-12H2,(H,19,21)(H3,17,18,20);1H. The maximum Gasteiger partial charge on any atom is 0.242 e. The first kappa shape index (κ1) is 19.5. The molecule has 0 atom stereocenters. The zero-order valence-corrected chi connectivity index (χ0v) is 15.8. The summed E-state index contributed by atoms with van der Waals surface area (Å²) in [6.45, 7) is 0.141. The largest absolute Gasteiger partial charge is 0.370 e. The lowest BCUT2D eigenvalue weighted by Gasteiger charge is -2.22. The third-order valence-corrected chi connectivity index (χ3v) is 4.57. The summed E-state index contributed by atoms with van der Waals surface area (Å²) in [7, 11) is 0. The van der Waals surface area contributed by atoms with E-state index >= 15 is 0 Å². The predicted molar refractivity (Wildman–Crippen MR) is 102 cm³/mol. The Balaban J connectivity index is 0.00000242. The smallest absolute Gasteiger partial charge is 0.242 e. The van der Waals surface area contributed by atoms with Crippen LogP contribution in [0, 0.1) is 0 Å². The van der Waals surface area contributed by atoms with Crippen molar-refractivity contribution in [3.05, 3.63) is 0 Å². The van der Waals surface area contributed by atoms with Crippen LogP contribution in [0.5, 0.6) is 0 Å². The molecule has 2 aliphatic carbocycles. The van der Waals surface area contributed by atoms with Gasteiger partial charge in [-0.25, -0.2) is 4.99 Å². The maximum absolute atomic E-state index is 11.9. The third-order valence-electron chi connectivity index (χ3n) is 4.57. The number of nitrogens with one attached hydrogen (secondary N) is 2. The number of nitrogens with zero attached hydrogens (tertiary/aromatic N) is 1. The number of amides is 1. The second kappa shape index (κ2) is 11.1. The molecule has 0 unspecified atom stereocenters. The molecule has 0 spiro atoms. The van der Waals surface area contributed by atoms with Crippen LogP contribution in [0.25, 0.3) is 0 Å². The fourth-order valence-electron chi connectivity index (χ4n) is 3.36. The SMILES string of the molecule is I.NC(=NCC(=O)NC1CCCCC1)NC1CCCCCC1. The average Bonchev–Trinajstić information content (AvgIpc) is 2.75. The van der Waals surface area contributed by atoms with Gasteiger partial charge in [-0.3, -0.25) is 4.79 Å². The monoisotopic (exact) mass is 422 g/mol. The number of rotatable bonds is 4. The van der Waals surface area contributed by atoms with Gasteiger partial charge in [0.05, 0.1) is 0 Å². The normalized spacial score (nSPS) is 21.5. The summed E-state index contributed by atoms with van der Waals surface area (Å²) < 4.78 is 0. The quantitative estimate of drug-likeness (QED) is 0.282. The van der Waals surface area contributed by atoms with Crippen LogP contribution in [0.2, 0.25) is 0 Å². The molecule has 22 heavy (non-hydrogen) atoms. The molecule has 2 rings (SSSR count). The highest BCUT2D eigenvalue weighted by molar-refractivity contribution is 14.0. The van der Waals surface area contributed by atoms with Crippen LogP contribution in [0.1, 0.15) is 70.6 Å². The van der Waals surface area contributed by atoms with Gasteiger partial charge in [0, 0.05) is 12.1 Å². The number of hydrogen-bond donors (Lipinski definition) is 3. The Morgan fingerprint density at radius 2 is 1.32 bits per heavy atom. The van der Waals surface area contributed by atoms with E-state index in [1.165, 1.54) is 44.9 Å². The number of halogens is 1. The zero-order valence-electron chi connectivity index (χ0n) is 13.5. The van der Waals surface area contributed by atoms with Crippen molar-refractivity contribution in [2.24, 2.45) is 10.7 Å². The summed E-state index contributed by atoms with van der Waals surface area (Å²) in [5.74, 6) is 0.410. The Kier molecular flexibility index (Phi) is 9.82. The van der Waals surface area contributed by atoms with E-state index in [1.54, 1.807) is 0 Å². The average molecular weight is 422 g/mol. The molecule has 2 fully saturated rings. The van der Waals surface area contributed by atoms with Crippen molar-refractivity contribution in [3.8, 4) is 0 Å². The van der Waals surface area contributed by atoms with Gasteiger partial charge in [0.1, 0.15) is 6.54 Å². The molecule has 0 aromatic heterocycles. The van der Waals surface area contributed by atoms with Gasteiger partial charge in [-0.15, -0.1) is 24.0 Å². The summed E-state index contributed by atoms with van der Waals surface area (Å²) in [5.41, 5.74) is 5.90. The first-order valence-corrected chi connectivity index (χ1v) is 8.60. The molecule has 0 aromatic carbocycles. The Morgan fingerprint density at radius 1 is 0.864 bits per heavy atom. The minimum Gasteiger partial charge on any atom is -0.370 e.